The molecule has 8 nitrogen and oxygen atoms in total. The lowest BCUT2D eigenvalue weighted by Gasteiger charge is -2.10. The van der Waals surface area contributed by atoms with Crippen molar-refractivity contribution in [2.24, 2.45) is 0 Å². The maximum absolute atomic E-state index is 13.4. The number of nitrogens with one attached hydrogen (secondary N) is 2. The van der Waals surface area contributed by atoms with Crippen molar-refractivity contribution >= 4 is 38.5 Å². The molecule has 3 heterocycles. The van der Waals surface area contributed by atoms with Gasteiger partial charge in [0.1, 0.15) is 17.2 Å². The van der Waals surface area contributed by atoms with Crippen LogP contribution in [0, 0.1) is 12.7 Å². The van der Waals surface area contributed by atoms with Crippen LogP contribution >= 0.6 is 0 Å². The van der Waals surface area contributed by atoms with Gasteiger partial charge < -0.3 is 9.88 Å². The number of halogens is 1. The van der Waals surface area contributed by atoms with Gasteiger partial charge in [-0.25, -0.2) is 22.8 Å². The normalized spacial score (nSPS) is 13.8. The van der Waals surface area contributed by atoms with Crippen molar-refractivity contribution in [3.05, 3.63) is 77.5 Å². The van der Waals surface area contributed by atoms with Gasteiger partial charge in [-0.2, -0.15) is 0 Å². The summed E-state index contributed by atoms with van der Waals surface area (Å²) in [6, 6.07) is 12.7. The Labute approximate surface area is 202 Å². The quantitative estimate of drug-likeness (QED) is 0.421. The van der Waals surface area contributed by atoms with Crippen LogP contribution in [0.15, 0.2) is 59.5 Å². The Bertz CT molecular complexity index is 1530. The van der Waals surface area contributed by atoms with E-state index in [1.54, 1.807) is 6.07 Å². The highest BCUT2D eigenvalue weighted by molar-refractivity contribution is 7.92. The summed E-state index contributed by atoms with van der Waals surface area (Å²) in [7, 11) is -3.92. The van der Waals surface area contributed by atoms with E-state index in [4.69, 9.17) is 4.98 Å². The molecular formula is C25H24FN5O3S. The number of sulfonamides is 1. The minimum atomic E-state index is -3.92. The Hall–Kier alpha value is -3.79. The van der Waals surface area contributed by atoms with E-state index in [0.717, 1.165) is 55.5 Å². The van der Waals surface area contributed by atoms with Gasteiger partial charge in [0.15, 0.2) is 5.65 Å². The van der Waals surface area contributed by atoms with Crippen molar-refractivity contribution < 1.29 is 17.6 Å². The standard InChI is InChI=1S/C25H24FN5O3S/c1-16-14-21(23-24(27-16)31-13-4-2-3-8-22(31)29-23)25(32)28-18-9-11-20(12-10-18)35(33,34)30-19-7-5-6-17(26)15-19/h5-7,9-12,14-15,30H,2-4,8,13H2,1H3,(H,28,32). The number of fused-ring (bicyclic) bond motifs is 3. The largest absolute Gasteiger partial charge is 0.322 e. The number of carbonyl (C=O) groups excluding carboxylic acids is 1. The summed E-state index contributed by atoms with van der Waals surface area (Å²) in [6.45, 7) is 2.68. The predicted octanol–water partition coefficient (Wildman–Crippen LogP) is 4.66. The third-order valence-corrected chi connectivity index (χ3v) is 7.33. The summed E-state index contributed by atoms with van der Waals surface area (Å²) in [4.78, 5) is 22.5. The highest BCUT2D eigenvalue weighted by atomic mass is 32.2. The zero-order valence-corrected chi connectivity index (χ0v) is 19.9. The van der Waals surface area contributed by atoms with Gasteiger partial charge in [0, 0.05) is 24.3 Å². The summed E-state index contributed by atoms with van der Waals surface area (Å²) in [6.07, 6.45) is 4.12. The molecule has 10 heteroatoms. The topological polar surface area (TPSA) is 106 Å². The first kappa shape index (κ1) is 23.0. The lowest BCUT2D eigenvalue weighted by Crippen LogP contribution is -2.15. The number of hydrogen-bond donors (Lipinski definition) is 2. The zero-order chi connectivity index (χ0) is 24.6. The van der Waals surface area contributed by atoms with E-state index in [0.29, 0.717) is 16.8 Å². The van der Waals surface area contributed by atoms with Crippen molar-refractivity contribution in [1.82, 2.24) is 14.5 Å². The van der Waals surface area contributed by atoms with E-state index in [-0.39, 0.29) is 16.5 Å². The number of rotatable bonds is 5. The minimum Gasteiger partial charge on any atom is -0.322 e. The van der Waals surface area contributed by atoms with Gasteiger partial charge in [0.25, 0.3) is 15.9 Å². The number of hydrogen-bond acceptors (Lipinski definition) is 5. The molecule has 1 aliphatic rings. The first-order chi connectivity index (χ1) is 16.8. The number of benzene rings is 2. The number of anilines is 2. The molecule has 0 fully saturated rings. The number of amides is 1. The molecule has 5 rings (SSSR count). The second-order valence-electron chi connectivity index (χ2n) is 8.57. The van der Waals surface area contributed by atoms with Gasteiger partial charge >= 0.3 is 0 Å². The maximum atomic E-state index is 13.4. The average Bonchev–Trinajstić information content (AvgIpc) is 2.99. The molecule has 0 saturated carbocycles. The molecule has 2 aromatic carbocycles. The average molecular weight is 494 g/mol. The Morgan fingerprint density at radius 1 is 1.00 bits per heavy atom. The van der Waals surface area contributed by atoms with Gasteiger partial charge in [-0.3, -0.25) is 9.52 Å². The van der Waals surface area contributed by atoms with Crippen LogP contribution in [-0.4, -0.2) is 28.9 Å². The highest BCUT2D eigenvalue weighted by Gasteiger charge is 2.21. The van der Waals surface area contributed by atoms with E-state index < -0.39 is 15.8 Å². The van der Waals surface area contributed by atoms with Crippen LogP contribution in [0.3, 0.4) is 0 Å². The molecule has 1 amide bonds. The maximum Gasteiger partial charge on any atom is 0.261 e. The fourth-order valence-corrected chi connectivity index (χ4v) is 5.32. The van der Waals surface area contributed by atoms with Crippen molar-refractivity contribution in [3.63, 3.8) is 0 Å². The SMILES string of the molecule is Cc1cc(C(=O)Nc2ccc(S(=O)(=O)Nc3cccc(F)c3)cc2)c2nc3n(c2n1)CCCCC3. The second kappa shape index (κ2) is 9.10. The van der Waals surface area contributed by atoms with Gasteiger partial charge in [0.05, 0.1) is 16.1 Å². The molecule has 4 aromatic rings. The van der Waals surface area contributed by atoms with Crippen LogP contribution in [-0.2, 0) is 23.0 Å². The van der Waals surface area contributed by atoms with E-state index in [1.165, 1.54) is 42.5 Å². The molecule has 0 spiro atoms. The van der Waals surface area contributed by atoms with Crippen molar-refractivity contribution in [2.45, 2.75) is 44.0 Å². The monoisotopic (exact) mass is 493 g/mol. The summed E-state index contributed by atoms with van der Waals surface area (Å²) in [5.41, 5.74) is 3.00. The fourth-order valence-electron chi connectivity index (χ4n) is 4.27. The number of imidazole rings is 1. The number of pyridine rings is 1. The lowest BCUT2D eigenvalue weighted by molar-refractivity contribution is 0.102. The van der Waals surface area contributed by atoms with Crippen LogP contribution in [0.25, 0.3) is 11.2 Å². The Morgan fingerprint density at radius 3 is 2.57 bits per heavy atom. The molecule has 0 unspecified atom stereocenters. The first-order valence-corrected chi connectivity index (χ1v) is 12.8. The summed E-state index contributed by atoms with van der Waals surface area (Å²) in [5.74, 6) is 0.0603. The number of carbonyl (C=O) groups is 1. The van der Waals surface area contributed by atoms with Crippen molar-refractivity contribution in [1.29, 1.82) is 0 Å². The minimum absolute atomic E-state index is 0.0141. The third kappa shape index (κ3) is 4.74. The summed E-state index contributed by atoms with van der Waals surface area (Å²) < 4.78 is 43.1. The van der Waals surface area contributed by atoms with E-state index in [1.807, 2.05) is 6.92 Å². The fraction of sp³-hybridized carbons (Fsp3) is 0.240. The van der Waals surface area contributed by atoms with E-state index in [9.17, 15) is 17.6 Å². The van der Waals surface area contributed by atoms with Crippen LogP contribution in [0.1, 0.15) is 41.1 Å². The number of aromatic nitrogens is 3. The molecule has 0 bridgehead atoms. The van der Waals surface area contributed by atoms with Gasteiger partial charge in [-0.15, -0.1) is 0 Å². The zero-order valence-electron chi connectivity index (χ0n) is 19.1. The van der Waals surface area contributed by atoms with E-state index >= 15 is 0 Å². The Kier molecular flexibility index (Phi) is 5.98. The van der Waals surface area contributed by atoms with Crippen LogP contribution in [0.2, 0.25) is 0 Å². The van der Waals surface area contributed by atoms with E-state index in [2.05, 4.69) is 19.6 Å². The molecule has 180 valence electrons. The molecule has 0 radical (unpaired) electrons. The summed E-state index contributed by atoms with van der Waals surface area (Å²) >= 11 is 0. The molecule has 0 aliphatic carbocycles. The predicted molar refractivity (Wildman–Crippen MR) is 131 cm³/mol. The molecule has 0 atom stereocenters. The Morgan fingerprint density at radius 2 is 1.80 bits per heavy atom. The lowest BCUT2D eigenvalue weighted by atomic mass is 10.1. The number of nitrogens with zero attached hydrogens (tertiary/aromatic N) is 3. The smallest absolute Gasteiger partial charge is 0.261 e. The van der Waals surface area contributed by atoms with Gasteiger partial charge in [0.2, 0.25) is 0 Å². The third-order valence-electron chi connectivity index (χ3n) is 5.94. The second-order valence-corrected chi connectivity index (χ2v) is 10.3. The van der Waals surface area contributed by atoms with Gasteiger partial charge in [-0.1, -0.05) is 12.5 Å². The molecular weight excluding hydrogens is 469 g/mol. The molecule has 35 heavy (non-hydrogen) atoms. The molecule has 2 aromatic heterocycles. The van der Waals surface area contributed by atoms with Crippen LogP contribution in [0.4, 0.5) is 15.8 Å². The Balaban J connectivity index is 1.38. The molecule has 0 saturated heterocycles. The first-order valence-electron chi connectivity index (χ1n) is 11.4. The molecule has 1 aliphatic heterocycles. The summed E-state index contributed by atoms with van der Waals surface area (Å²) in [5, 5.41) is 2.83. The number of aryl methyl sites for hydroxylation is 3. The van der Waals surface area contributed by atoms with Gasteiger partial charge in [-0.05, 0) is 68.3 Å². The van der Waals surface area contributed by atoms with Crippen molar-refractivity contribution in [3.8, 4) is 0 Å². The van der Waals surface area contributed by atoms with Crippen LogP contribution < -0.4 is 10.0 Å². The van der Waals surface area contributed by atoms with Crippen LogP contribution in [0.5, 0.6) is 0 Å². The molecule has 2 N–H and O–H groups in total. The highest BCUT2D eigenvalue weighted by Crippen LogP contribution is 2.25. The van der Waals surface area contributed by atoms with Crippen molar-refractivity contribution in [2.75, 3.05) is 10.0 Å².